The Balaban J connectivity index is 1.72. The van der Waals surface area contributed by atoms with Crippen molar-refractivity contribution in [3.8, 4) is 6.07 Å². The Bertz CT molecular complexity index is 1100. The first-order valence-electron chi connectivity index (χ1n) is 9.89. The second-order valence-electron chi connectivity index (χ2n) is 7.53. The number of carbonyl (C=O) groups excluding carboxylic acids is 2. The first-order valence-corrected chi connectivity index (χ1v) is 11.3. The average Bonchev–Trinajstić information content (AvgIpc) is 3.37. The van der Waals surface area contributed by atoms with E-state index in [1.807, 2.05) is 6.07 Å². The van der Waals surface area contributed by atoms with Crippen molar-refractivity contribution in [3.05, 3.63) is 60.2 Å². The van der Waals surface area contributed by atoms with E-state index in [9.17, 15) is 18.0 Å². The van der Waals surface area contributed by atoms with Crippen molar-refractivity contribution in [2.75, 3.05) is 4.90 Å². The van der Waals surface area contributed by atoms with Gasteiger partial charge in [0.2, 0.25) is 15.9 Å². The molecule has 0 radical (unpaired) electrons. The van der Waals surface area contributed by atoms with Crippen LogP contribution in [0.5, 0.6) is 0 Å². The number of imide groups is 1. The standard InChI is InChI=1S/C22H21N3O4S/c23-15-16-10-12-17(13-11-16)24-21(26)14-20(22(24)27)25(18-6-4-5-7-18)30(28,29)19-8-2-1-3-9-19/h1-3,8-13,18,20H,4-7,14H2. The van der Waals surface area contributed by atoms with Crippen LogP contribution in [0, 0.1) is 11.3 Å². The molecule has 1 heterocycles. The molecule has 0 bridgehead atoms. The summed E-state index contributed by atoms with van der Waals surface area (Å²) >= 11 is 0. The van der Waals surface area contributed by atoms with Crippen LogP contribution in [0.25, 0.3) is 0 Å². The fourth-order valence-corrected chi connectivity index (χ4v) is 6.11. The van der Waals surface area contributed by atoms with Gasteiger partial charge in [0.25, 0.3) is 5.91 Å². The summed E-state index contributed by atoms with van der Waals surface area (Å²) in [5.74, 6) is -0.989. The number of hydrogen-bond acceptors (Lipinski definition) is 5. The normalized spacial score (nSPS) is 20.1. The highest BCUT2D eigenvalue weighted by molar-refractivity contribution is 7.89. The van der Waals surface area contributed by atoms with Gasteiger partial charge >= 0.3 is 0 Å². The van der Waals surface area contributed by atoms with E-state index in [1.165, 1.54) is 40.7 Å². The molecule has 2 amide bonds. The van der Waals surface area contributed by atoms with Crippen molar-refractivity contribution in [2.24, 2.45) is 0 Å². The van der Waals surface area contributed by atoms with Crippen molar-refractivity contribution >= 4 is 27.5 Å². The lowest BCUT2D eigenvalue weighted by atomic mass is 10.1. The van der Waals surface area contributed by atoms with E-state index >= 15 is 0 Å². The monoisotopic (exact) mass is 423 g/mol. The van der Waals surface area contributed by atoms with Gasteiger partial charge in [-0.05, 0) is 49.2 Å². The summed E-state index contributed by atoms with van der Waals surface area (Å²) in [4.78, 5) is 27.2. The maximum Gasteiger partial charge on any atom is 0.252 e. The lowest BCUT2D eigenvalue weighted by Crippen LogP contribution is -2.49. The van der Waals surface area contributed by atoms with Crippen LogP contribution >= 0.6 is 0 Å². The molecule has 1 unspecified atom stereocenters. The molecule has 0 N–H and O–H groups in total. The number of nitrogens with zero attached hydrogens (tertiary/aromatic N) is 3. The molecule has 7 nitrogen and oxygen atoms in total. The zero-order valence-corrected chi connectivity index (χ0v) is 17.1. The van der Waals surface area contributed by atoms with Crippen LogP contribution in [0.15, 0.2) is 59.5 Å². The minimum absolute atomic E-state index is 0.119. The second-order valence-corrected chi connectivity index (χ2v) is 9.38. The van der Waals surface area contributed by atoms with Gasteiger partial charge in [-0.15, -0.1) is 0 Å². The molecule has 2 aliphatic rings. The molecule has 8 heteroatoms. The van der Waals surface area contributed by atoms with Crippen LogP contribution in [-0.4, -0.2) is 36.6 Å². The third kappa shape index (κ3) is 3.51. The van der Waals surface area contributed by atoms with Gasteiger partial charge < -0.3 is 0 Å². The summed E-state index contributed by atoms with van der Waals surface area (Å²) in [5.41, 5.74) is 0.753. The average molecular weight is 423 g/mol. The van der Waals surface area contributed by atoms with E-state index in [2.05, 4.69) is 0 Å². The first kappa shape index (κ1) is 20.3. The van der Waals surface area contributed by atoms with Crippen molar-refractivity contribution < 1.29 is 18.0 Å². The number of hydrogen-bond donors (Lipinski definition) is 0. The summed E-state index contributed by atoms with van der Waals surface area (Å²) in [7, 11) is -3.95. The lowest BCUT2D eigenvalue weighted by Gasteiger charge is -2.32. The molecule has 30 heavy (non-hydrogen) atoms. The van der Waals surface area contributed by atoms with E-state index < -0.39 is 27.9 Å². The number of anilines is 1. The first-order chi connectivity index (χ1) is 14.4. The fourth-order valence-electron chi connectivity index (χ4n) is 4.26. The maximum atomic E-state index is 13.5. The Labute approximate surface area is 175 Å². The summed E-state index contributed by atoms with van der Waals surface area (Å²) in [6.45, 7) is 0. The maximum absolute atomic E-state index is 13.5. The van der Waals surface area contributed by atoms with E-state index in [1.54, 1.807) is 18.2 Å². The van der Waals surface area contributed by atoms with Gasteiger partial charge in [0, 0.05) is 6.04 Å². The van der Waals surface area contributed by atoms with Gasteiger partial charge in [-0.25, -0.2) is 13.3 Å². The third-order valence-electron chi connectivity index (χ3n) is 5.69. The molecule has 0 spiro atoms. The van der Waals surface area contributed by atoms with Crippen LogP contribution < -0.4 is 4.90 Å². The summed E-state index contributed by atoms with van der Waals surface area (Å²) in [6, 6.07) is 14.8. The Morgan fingerprint density at radius 3 is 2.20 bits per heavy atom. The molecule has 2 fully saturated rings. The number of benzene rings is 2. The van der Waals surface area contributed by atoms with Gasteiger partial charge in [0.05, 0.1) is 28.6 Å². The number of rotatable bonds is 5. The number of amides is 2. The SMILES string of the molecule is N#Cc1ccc(N2C(=O)CC(N(C3CCCC3)S(=O)(=O)c3ccccc3)C2=O)cc1. The van der Waals surface area contributed by atoms with Crippen LogP contribution in [0.1, 0.15) is 37.7 Å². The van der Waals surface area contributed by atoms with Crippen molar-refractivity contribution in [1.29, 1.82) is 5.26 Å². The quantitative estimate of drug-likeness (QED) is 0.689. The molecule has 1 saturated carbocycles. The highest BCUT2D eigenvalue weighted by Gasteiger charge is 2.49. The van der Waals surface area contributed by atoms with Gasteiger partial charge in [-0.2, -0.15) is 9.57 Å². The molecule has 2 aromatic carbocycles. The Morgan fingerprint density at radius 1 is 0.967 bits per heavy atom. The molecule has 4 rings (SSSR count). The summed E-state index contributed by atoms with van der Waals surface area (Å²) < 4.78 is 28.3. The van der Waals surface area contributed by atoms with Gasteiger partial charge in [0.1, 0.15) is 6.04 Å². The molecule has 0 aromatic heterocycles. The Hall–Kier alpha value is -3.02. The third-order valence-corrected chi connectivity index (χ3v) is 7.66. The predicted octanol–water partition coefficient (Wildman–Crippen LogP) is 2.82. The zero-order valence-electron chi connectivity index (χ0n) is 16.3. The number of sulfonamides is 1. The molecule has 154 valence electrons. The van der Waals surface area contributed by atoms with Crippen LogP contribution in [0.2, 0.25) is 0 Å². The zero-order chi connectivity index (χ0) is 21.3. The Morgan fingerprint density at radius 2 is 1.60 bits per heavy atom. The smallest absolute Gasteiger partial charge is 0.252 e. The topological polar surface area (TPSA) is 98.5 Å². The molecule has 1 atom stereocenters. The fraction of sp³-hybridized carbons (Fsp3) is 0.318. The number of carbonyl (C=O) groups is 2. The summed E-state index contributed by atoms with van der Waals surface area (Å²) in [5, 5.41) is 8.96. The van der Waals surface area contributed by atoms with Crippen LogP contribution in [-0.2, 0) is 19.6 Å². The minimum Gasteiger partial charge on any atom is -0.274 e. The van der Waals surface area contributed by atoms with Crippen molar-refractivity contribution in [2.45, 2.75) is 49.1 Å². The van der Waals surface area contributed by atoms with Crippen molar-refractivity contribution in [1.82, 2.24) is 4.31 Å². The second kappa shape index (κ2) is 8.01. The Kier molecular flexibility index (Phi) is 5.41. The van der Waals surface area contributed by atoms with Gasteiger partial charge in [-0.3, -0.25) is 9.59 Å². The molecule has 2 aromatic rings. The highest BCUT2D eigenvalue weighted by Crippen LogP contribution is 2.35. The van der Waals surface area contributed by atoms with Crippen LogP contribution in [0.4, 0.5) is 5.69 Å². The predicted molar refractivity (Wildman–Crippen MR) is 110 cm³/mol. The largest absolute Gasteiger partial charge is 0.274 e. The molecule has 1 aliphatic heterocycles. The molecular formula is C22H21N3O4S. The van der Waals surface area contributed by atoms with Gasteiger partial charge in [-0.1, -0.05) is 31.0 Å². The van der Waals surface area contributed by atoms with E-state index in [0.29, 0.717) is 24.1 Å². The minimum atomic E-state index is -3.95. The van der Waals surface area contributed by atoms with Crippen molar-refractivity contribution in [3.63, 3.8) is 0 Å². The molecule has 1 saturated heterocycles. The highest BCUT2D eigenvalue weighted by atomic mass is 32.2. The molecule has 1 aliphatic carbocycles. The van der Waals surface area contributed by atoms with E-state index in [0.717, 1.165) is 17.7 Å². The lowest BCUT2D eigenvalue weighted by molar-refractivity contribution is -0.122. The summed E-state index contributed by atoms with van der Waals surface area (Å²) in [6.07, 6.45) is 2.92. The van der Waals surface area contributed by atoms with E-state index in [4.69, 9.17) is 5.26 Å². The molecular weight excluding hydrogens is 402 g/mol. The number of nitriles is 1. The van der Waals surface area contributed by atoms with E-state index in [-0.39, 0.29) is 17.4 Å². The van der Waals surface area contributed by atoms with Gasteiger partial charge in [0.15, 0.2) is 0 Å². The van der Waals surface area contributed by atoms with Crippen LogP contribution in [0.3, 0.4) is 0 Å².